The van der Waals surface area contributed by atoms with E-state index in [-0.39, 0.29) is 11.9 Å². The quantitative estimate of drug-likeness (QED) is 0.732. The minimum atomic E-state index is -0.324. The van der Waals surface area contributed by atoms with Crippen LogP contribution in [0.15, 0.2) is 30.3 Å². The molecule has 1 N–H and O–H groups in total. The van der Waals surface area contributed by atoms with Gasteiger partial charge in [-0.15, -0.1) is 11.3 Å². The van der Waals surface area contributed by atoms with Crippen molar-refractivity contribution >= 4 is 28.2 Å². The third kappa shape index (κ3) is 3.98. The fraction of sp³-hybridized carbons (Fsp3) is 0.429. The molecule has 5 heteroatoms. The van der Waals surface area contributed by atoms with Gasteiger partial charge in [0.25, 0.3) is 0 Å². The van der Waals surface area contributed by atoms with Gasteiger partial charge in [-0.2, -0.15) is 0 Å². The Balaban J connectivity index is 1.91. The van der Waals surface area contributed by atoms with Crippen LogP contribution in [0.2, 0.25) is 0 Å². The number of thiophene rings is 1. The number of ether oxygens (including phenoxy) is 1. The van der Waals surface area contributed by atoms with Gasteiger partial charge in [0, 0.05) is 11.3 Å². The molecular weight excluding hydrogens is 346 g/mol. The summed E-state index contributed by atoms with van der Waals surface area (Å²) in [6.45, 7) is 4.10. The van der Waals surface area contributed by atoms with E-state index in [2.05, 4.69) is 29.6 Å². The summed E-state index contributed by atoms with van der Waals surface area (Å²) in [4.78, 5) is 25.8. The van der Waals surface area contributed by atoms with Gasteiger partial charge in [-0.1, -0.05) is 37.3 Å². The summed E-state index contributed by atoms with van der Waals surface area (Å²) >= 11 is 1.54. The summed E-state index contributed by atoms with van der Waals surface area (Å²) in [6, 6.07) is 10.5. The standard InChI is InChI=1S/C21H25NO3S/c1-3-8-18(23)22-20-19(21(24)25-4-2)16-12-11-15(13-17(16)26-20)14-9-6-5-7-10-14/h5-7,9-10,15H,3-4,8,11-13H2,1-2H3,(H,22,23)/t15-/m1/s1. The third-order valence-corrected chi connectivity index (χ3v) is 5.92. The minimum Gasteiger partial charge on any atom is -0.462 e. The summed E-state index contributed by atoms with van der Waals surface area (Å²) in [7, 11) is 0. The van der Waals surface area contributed by atoms with E-state index in [0.717, 1.165) is 31.2 Å². The van der Waals surface area contributed by atoms with Gasteiger partial charge < -0.3 is 10.1 Å². The first-order valence-corrected chi connectivity index (χ1v) is 10.1. The molecule has 138 valence electrons. The lowest BCUT2D eigenvalue weighted by molar-refractivity contribution is -0.116. The summed E-state index contributed by atoms with van der Waals surface area (Å²) in [5.41, 5.74) is 2.97. The molecule has 3 rings (SSSR count). The molecule has 2 aromatic rings. The number of amides is 1. The Morgan fingerprint density at radius 1 is 1.23 bits per heavy atom. The molecule has 0 saturated carbocycles. The first-order chi connectivity index (χ1) is 12.6. The van der Waals surface area contributed by atoms with Gasteiger partial charge in [0.05, 0.1) is 12.2 Å². The average Bonchev–Trinajstić information content (AvgIpc) is 2.99. The highest BCUT2D eigenvalue weighted by Gasteiger charge is 2.30. The molecule has 1 atom stereocenters. The number of esters is 1. The Morgan fingerprint density at radius 3 is 2.69 bits per heavy atom. The Labute approximate surface area is 158 Å². The van der Waals surface area contributed by atoms with Crippen LogP contribution in [0.4, 0.5) is 5.00 Å². The highest BCUT2D eigenvalue weighted by Crippen LogP contribution is 2.42. The number of hydrogen-bond donors (Lipinski definition) is 1. The zero-order valence-corrected chi connectivity index (χ0v) is 16.2. The smallest absolute Gasteiger partial charge is 0.341 e. The number of rotatable bonds is 6. The SMILES string of the molecule is CCCC(=O)Nc1sc2c(c1C(=O)OCC)CC[C@@H](c1ccccc1)C2. The lowest BCUT2D eigenvalue weighted by Gasteiger charge is -2.23. The van der Waals surface area contributed by atoms with Gasteiger partial charge in [0.15, 0.2) is 0 Å². The van der Waals surface area contributed by atoms with Crippen molar-refractivity contribution in [2.45, 2.75) is 51.9 Å². The van der Waals surface area contributed by atoms with Crippen molar-refractivity contribution in [3.8, 4) is 0 Å². The number of anilines is 1. The average molecular weight is 372 g/mol. The van der Waals surface area contributed by atoms with Crippen LogP contribution in [0.1, 0.15) is 65.4 Å². The van der Waals surface area contributed by atoms with Crippen molar-refractivity contribution in [3.63, 3.8) is 0 Å². The predicted octanol–water partition coefficient (Wildman–Crippen LogP) is 4.94. The first kappa shape index (κ1) is 18.6. The van der Waals surface area contributed by atoms with E-state index in [1.54, 1.807) is 6.92 Å². The fourth-order valence-corrected chi connectivity index (χ4v) is 4.85. The van der Waals surface area contributed by atoms with Crippen molar-refractivity contribution in [1.29, 1.82) is 0 Å². The van der Waals surface area contributed by atoms with Crippen LogP contribution in [-0.4, -0.2) is 18.5 Å². The molecule has 1 aliphatic rings. The van der Waals surface area contributed by atoms with Gasteiger partial charge in [-0.25, -0.2) is 4.79 Å². The lowest BCUT2D eigenvalue weighted by atomic mass is 9.83. The Hall–Kier alpha value is -2.14. The molecule has 1 amide bonds. The third-order valence-electron chi connectivity index (χ3n) is 4.75. The number of nitrogens with one attached hydrogen (secondary N) is 1. The molecule has 0 unspecified atom stereocenters. The summed E-state index contributed by atoms with van der Waals surface area (Å²) in [5, 5.41) is 3.59. The van der Waals surface area contributed by atoms with Gasteiger partial charge in [0.2, 0.25) is 5.91 Å². The first-order valence-electron chi connectivity index (χ1n) is 9.30. The van der Waals surface area contributed by atoms with E-state index < -0.39 is 0 Å². The van der Waals surface area contributed by atoms with E-state index in [0.29, 0.717) is 29.5 Å². The molecule has 0 radical (unpaired) electrons. The van der Waals surface area contributed by atoms with Crippen LogP contribution >= 0.6 is 11.3 Å². The maximum absolute atomic E-state index is 12.5. The van der Waals surface area contributed by atoms with Crippen LogP contribution < -0.4 is 5.32 Å². The van der Waals surface area contributed by atoms with Gasteiger partial charge in [-0.05, 0) is 49.7 Å². The molecule has 1 aromatic heterocycles. The maximum Gasteiger partial charge on any atom is 0.341 e. The summed E-state index contributed by atoms with van der Waals surface area (Å²) in [6.07, 6.45) is 3.98. The van der Waals surface area contributed by atoms with Crippen LogP contribution in [0, 0.1) is 0 Å². The molecule has 1 aliphatic carbocycles. The Bertz CT molecular complexity index is 782. The van der Waals surface area contributed by atoms with Gasteiger partial charge >= 0.3 is 5.97 Å². The number of carbonyl (C=O) groups is 2. The fourth-order valence-electron chi connectivity index (χ4n) is 3.52. The zero-order chi connectivity index (χ0) is 18.5. The van der Waals surface area contributed by atoms with Crippen LogP contribution in [0.25, 0.3) is 0 Å². The number of hydrogen-bond acceptors (Lipinski definition) is 4. The molecule has 0 spiro atoms. The number of fused-ring (bicyclic) bond motifs is 1. The largest absolute Gasteiger partial charge is 0.462 e. The highest BCUT2D eigenvalue weighted by atomic mass is 32.1. The highest BCUT2D eigenvalue weighted by molar-refractivity contribution is 7.17. The summed E-state index contributed by atoms with van der Waals surface area (Å²) < 4.78 is 5.26. The van der Waals surface area contributed by atoms with Crippen molar-refractivity contribution in [2.75, 3.05) is 11.9 Å². The van der Waals surface area contributed by atoms with E-state index in [9.17, 15) is 9.59 Å². The van der Waals surface area contributed by atoms with Crippen molar-refractivity contribution < 1.29 is 14.3 Å². The van der Waals surface area contributed by atoms with Crippen molar-refractivity contribution in [1.82, 2.24) is 0 Å². The molecular formula is C21H25NO3S. The van der Waals surface area contributed by atoms with E-state index >= 15 is 0 Å². The molecule has 0 fully saturated rings. The normalized spacial score (nSPS) is 16.0. The number of benzene rings is 1. The van der Waals surface area contributed by atoms with E-state index in [1.165, 1.54) is 21.8 Å². The van der Waals surface area contributed by atoms with Crippen LogP contribution in [-0.2, 0) is 22.4 Å². The zero-order valence-electron chi connectivity index (χ0n) is 15.3. The predicted molar refractivity (Wildman–Crippen MR) is 105 cm³/mol. The molecule has 1 aromatic carbocycles. The monoisotopic (exact) mass is 371 g/mol. The number of carbonyl (C=O) groups excluding carboxylic acids is 2. The van der Waals surface area contributed by atoms with Crippen molar-refractivity contribution in [2.24, 2.45) is 0 Å². The maximum atomic E-state index is 12.5. The summed E-state index contributed by atoms with van der Waals surface area (Å²) in [5.74, 6) is 0.0859. The van der Waals surface area contributed by atoms with E-state index in [1.807, 2.05) is 13.0 Å². The molecule has 1 heterocycles. The van der Waals surface area contributed by atoms with Crippen LogP contribution in [0.3, 0.4) is 0 Å². The second kappa shape index (κ2) is 8.49. The Morgan fingerprint density at radius 2 is 2.00 bits per heavy atom. The molecule has 26 heavy (non-hydrogen) atoms. The second-order valence-electron chi connectivity index (χ2n) is 6.58. The van der Waals surface area contributed by atoms with E-state index in [4.69, 9.17) is 4.74 Å². The molecule has 4 nitrogen and oxygen atoms in total. The molecule has 0 saturated heterocycles. The Kier molecular flexibility index (Phi) is 6.09. The lowest BCUT2D eigenvalue weighted by Crippen LogP contribution is -2.16. The topological polar surface area (TPSA) is 55.4 Å². The minimum absolute atomic E-state index is 0.0451. The van der Waals surface area contributed by atoms with Crippen molar-refractivity contribution in [3.05, 3.63) is 51.9 Å². The van der Waals surface area contributed by atoms with Gasteiger partial charge in [-0.3, -0.25) is 4.79 Å². The van der Waals surface area contributed by atoms with Gasteiger partial charge in [0.1, 0.15) is 5.00 Å². The second-order valence-corrected chi connectivity index (χ2v) is 7.68. The van der Waals surface area contributed by atoms with Crippen LogP contribution in [0.5, 0.6) is 0 Å². The molecule has 0 bridgehead atoms. The molecule has 0 aliphatic heterocycles.